The molecule has 6 aromatic heterocycles. The number of halogens is 4. The molecule has 2 amide bonds. The fourth-order valence-corrected chi connectivity index (χ4v) is 10.9. The predicted molar refractivity (Wildman–Crippen MR) is 259 cm³/mol. The summed E-state index contributed by atoms with van der Waals surface area (Å²) in [5.41, 5.74) is 0.993. The van der Waals surface area contributed by atoms with Gasteiger partial charge in [0.05, 0.1) is 69.8 Å². The molecule has 0 aliphatic rings. The molecule has 0 aromatic carbocycles. The third-order valence-corrected chi connectivity index (χ3v) is 15.5. The van der Waals surface area contributed by atoms with E-state index in [4.69, 9.17) is 32.7 Å². The summed E-state index contributed by atoms with van der Waals surface area (Å²) in [5, 5.41) is 4.39. The van der Waals surface area contributed by atoms with Crippen LogP contribution in [0.1, 0.15) is 86.6 Å². The van der Waals surface area contributed by atoms with Crippen molar-refractivity contribution in [3.63, 3.8) is 0 Å². The van der Waals surface area contributed by atoms with Gasteiger partial charge >= 0.3 is 12.2 Å². The van der Waals surface area contributed by atoms with Crippen molar-refractivity contribution in [1.29, 1.82) is 0 Å². The molecule has 6 heterocycles. The highest BCUT2D eigenvalue weighted by Crippen LogP contribution is 2.43. The number of carbonyl (C=O) groups excluding carboxylic acids is 3. The highest BCUT2D eigenvalue weighted by atomic mass is 79.9. The van der Waals surface area contributed by atoms with Crippen molar-refractivity contribution >= 4 is 168 Å². The molecule has 6 rings (SSSR count). The maximum Gasteiger partial charge on any atom is 0.415 e. The van der Waals surface area contributed by atoms with Crippen molar-refractivity contribution in [3.05, 3.63) is 85.9 Å². The van der Waals surface area contributed by atoms with Gasteiger partial charge in [-0.25, -0.2) is 19.6 Å². The fourth-order valence-electron chi connectivity index (χ4n) is 5.08. The average Bonchev–Trinajstić information content (AvgIpc) is 3.96. The van der Waals surface area contributed by atoms with Crippen molar-refractivity contribution in [3.8, 4) is 0 Å². The van der Waals surface area contributed by atoms with Crippen molar-refractivity contribution in [2.24, 2.45) is 4.40 Å². The van der Waals surface area contributed by atoms with Gasteiger partial charge in [-0.3, -0.25) is 14.6 Å². The van der Waals surface area contributed by atoms with Crippen LogP contribution in [0.25, 0.3) is 20.4 Å². The third-order valence-electron chi connectivity index (χ3n) is 7.61. The number of aldehydes is 1. The Bertz CT molecular complexity index is 2510. The SMILES string of the molecule is CC(C)(C)OC(=O)N(Cc1cccs1)c1cc(Cl)nc2c(Br)c(C=N[S+]([O-])C(C)(C)C)sc12.CC(C)(C)OC(=O)N(Cc1cccs1)c1cc(Cl)nc2c(Br)c(C=O)sc12. The summed E-state index contributed by atoms with van der Waals surface area (Å²) in [4.78, 5) is 52.7. The van der Waals surface area contributed by atoms with Gasteiger partial charge in [0.2, 0.25) is 0 Å². The molecule has 0 aliphatic carbocycles. The summed E-state index contributed by atoms with van der Waals surface area (Å²) in [6, 6.07) is 11.1. The van der Waals surface area contributed by atoms with E-state index in [1.807, 2.05) is 97.3 Å². The lowest BCUT2D eigenvalue weighted by Crippen LogP contribution is -2.36. The topological polar surface area (TPSA) is 137 Å². The molecule has 1 atom stereocenters. The van der Waals surface area contributed by atoms with E-state index in [0.717, 1.165) is 25.6 Å². The van der Waals surface area contributed by atoms with Gasteiger partial charge in [0.15, 0.2) is 6.29 Å². The molecule has 60 heavy (non-hydrogen) atoms. The van der Waals surface area contributed by atoms with E-state index in [1.165, 1.54) is 27.6 Å². The summed E-state index contributed by atoms with van der Waals surface area (Å²) in [7, 11) is 0. The van der Waals surface area contributed by atoms with Crippen LogP contribution in [-0.2, 0) is 33.9 Å². The first kappa shape index (κ1) is 48.4. The van der Waals surface area contributed by atoms with Crippen LogP contribution in [0.4, 0.5) is 21.0 Å². The largest absolute Gasteiger partial charge is 0.591 e. The lowest BCUT2D eigenvalue weighted by Gasteiger charge is -2.27. The normalized spacial score (nSPS) is 12.7. The highest BCUT2D eigenvalue weighted by molar-refractivity contribution is 9.11. The molecular weight excluding hydrogens is 1040 g/mol. The third kappa shape index (κ3) is 12.5. The molecule has 0 N–H and O–H groups in total. The molecule has 1 unspecified atom stereocenters. The molecule has 0 fully saturated rings. The summed E-state index contributed by atoms with van der Waals surface area (Å²) >= 11 is 23.9. The maximum absolute atomic E-state index is 13.2. The van der Waals surface area contributed by atoms with E-state index < -0.39 is 39.5 Å². The number of amides is 2. The number of hydrogen-bond donors (Lipinski definition) is 0. The summed E-state index contributed by atoms with van der Waals surface area (Å²) in [6.45, 7) is 17.2. The molecule has 0 radical (unpaired) electrons. The van der Waals surface area contributed by atoms with E-state index in [9.17, 15) is 18.9 Å². The lowest BCUT2D eigenvalue weighted by molar-refractivity contribution is 0.0567. The van der Waals surface area contributed by atoms with E-state index in [2.05, 4.69) is 46.2 Å². The van der Waals surface area contributed by atoms with Crippen LogP contribution in [-0.4, -0.2) is 55.2 Å². The molecule has 0 bridgehead atoms. The number of fused-ring (bicyclic) bond motifs is 2. The zero-order chi connectivity index (χ0) is 44.3. The van der Waals surface area contributed by atoms with Crippen LogP contribution in [0.5, 0.6) is 0 Å². The Kier molecular flexibility index (Phi) is 16.0. The number of carbonyl (C=O) groups is 3. The number of ether oxygens (including phenoxy) is 2. The van der Waals surface area contributed by atoms with Gasteiger partial charge < -0.3 is 14.0 Å². The first-order chi connectivity index (χ1) is 28.0. The number of hydrogen-bond acceptors (Lipinski definition) is 13. The quantitative estimate of drug-likeness (QED) is 0.0604. The second-order valence-electron chi connectivity index (χ2n) is 15.8. The molecule has 6 aromatic rings. The monoisotopic (exact) mass is 1070 g/mol. The highest BCUT2D eigenvalue weighted by Gasteiger charge is 2.30. The fraction of sp³-hybridized carbons (Fsp3) is 0.350. The zero-order valence-corrected chi connectivity index (χ0v) is 42.7. The molecular formula is C40H41Br2Cl2N5O6S5. The summed E-state index contributed by atoms with van der Waals surface area (Å²) < 4.78 is 30.1. The van der Waals surface area contributed by atoms with E-state index in [0.29, 0.717) is 54.0 Å². The van der Waals surface area contributed by atoms with E-state index in [1.54, 1.807) is 45.9 Å². The van der Waals surface area contributed by atoms with Gasteiger partial charge in [-0.15, -0.1) is 45.3 Å². The summed E-state index contributed by atoms with van der Waals surface area (Å²) in [5.74, 6) is 0. The molecule has 0 saturated carbocycles. The molecule has 0 spiro atoms. The summed E-state index contributed by atoms with van der Waals surface area (Å²) in [6.07, 6.45) is 1.36. The molecule has 11 nitrogen and oxygen atoms in total. The standard InChI is InChI=1S/C22H25BrClN3O3S3.C18H16BrClN2O3S2/c1-21(2,3)30-20(28)27(12-13-8-7-9-31-13)14-10-16(24)26-18-17(23)15(32-19(14)18)11-25-33(29)22(4,5)6;1-18(2,3)25-17(24)22(8-10-5-4-6-26-10)11-7-13(20)21-15-14(19)12(9-23)27-16(11)15/h7-11H,12H2,1-6H3;4-7,9H,8H2,1-3H3. The van der Waals surface area contributed by atoms with Gasteiger partial charge in [0.25, 0.3) is 0 Å². The molecule has 0 aliphatic heterocycles. The smallest absolute Gasteiger partial charge is 0.415 e. The van der Waals surface area contributed by atoms with Crippen LogP contribution in [0.2, 0.25) is 10.3 Å². The van der Waals surface area contributed by atoms with Crippen LogP contribution in [0, 0.1) is 0 Å². The molecule has 0 saturated heterocycles. The van der Waals surface area contributed by atoms with Crippen LogP contribution in [0.3, 0.4) is 0 Å². The van der Waals surface area contributed by atoms with Crippen molar-refractivity contribution < 1.29 is 28.4 Å². The van der Waals surface area contributed by atoms with Crippen LogP contribution < -0.4 is 9.80 Å². The number of aromatic nitrogens is 2. The van der Waals surface area contributed by atoms with Crippen LogP contribution >= 0.6 is 100 Å². The maximum atomic E-state index is 13.2. The number of anilines is 2. The lowest BCUT2D eigenvalue weighted by atomic mass is 10.2. The Morgan fingerprint density at radius 3 is 1.57 bits per heavy atom. The predicted octanol–water partition coefficient (Wildman–Crippen LogP) is 14.1. The molecule has 320 valence electrons. The minimum absolute atomic E-state index is 0.230. The van der Waals surface area contributed by atoms with Gasteiger partial charge in [-0.2, -0.15) is 0 Å². The zero-order valence-electron chi connectivity index (χ0n) is 33.9. The van der Waals surface area contributed by atoms with Crippen molar-refractivity contribution in [2.75, 3.05) is 9.80 Å². The van der Waals surface area contributed by atoms with Crippen molar-refractivity contribution in [2.45, 2.75) is 91.4 Å². The Morgan fingerprint density at radius 1 is 0.783 bits per heavy atom. The number of rotatable bonds is 9. The van der Waals surface area contributed by atoms with Gasteiger partial charge in [-0.1, -0.05) is 39.7 Å². The molecule has 20 heteroatoms. The first-order valence-corrected chi connectivity index (χ1v) is 24.8. The van der Waals surface area contributed by atoms with E-state index in [-0.39, 0.29) is 10.3 Å². The Morgan fingerprint density at radius 2 is 1.20 bits per heavy atom. The van der Waals surface area contributed by atoms with Crippen molar-refractivity contribution in [1.82, 2.24) is 9.97 Å². The van der Waals surface area contributed by atoms with Gasteiger partial charge in [0, 0.05) is 21.9 Å². The number of pyridine rings is 2. The number of nitrogens with zero attached hydrogens (tertiary/aromatic N) is 5. The number of thiophene rings is 4. The van der Waals surface area contributed by atoms with Gasteiger partial charge in [-0.05, 0) is 117 Å². The Balaban J connectivity index is 0.000000232. The average molecular weight is 1080 g/mol. The second-order valence-corrected chi connectivity index (χ2v) is 24.3. The van der Waals surface area contributed by atoms with Gasteiger partial charge in [0.1, 0.15) is 37.6 Å². The minimum atomic E-state index is -1.40. The minimum Gasteiger partial charge on any atom is -0.591 e. The first-order valence-electron chi connectivity index (χ1n) is 18.0. The van der Waals surface area contributed by atoms with Crippen LogP contribution in [0.15, 0.2) is 60.5 Å². The Hall–Kier alpha value is -2.65. The second kappa shape index (κ2) is 19.8. The van der Waals surface area contributed by atoms with E-state index >= 15 is 0 Å². The Labute approximate surface area is 394 Å².